The van der Waals surface area contributed by atoms with Crippen molar-refractivity contribution in [3.05, 3.63) is 80.6 Å². The molecular weight excluding hydrogens is 324 g/mol. The van der Waals surface area contributed by atoms with E-state index in [0.29, 0.717) is 23.6 Å². The lowest BCUT2D eigenvalue weighted by Crippen LogP contribution is -2.19. The smallest absolute Gasteiger partial charge is 0.251 e. The van der Waals surface area contributed by atoms with E-state index in [1.54, 1.807) is 0 Å². The van der Waals surface area contributed by atoms with Crippen molar-refractivity contribution >= 4 is 28.4 Å². The molecule has 0 fully saturated rings. The first kappa shape index (κ1) is 16.3. The second-order valence-corrected chi connectivity index (χ2v) is 6.13. The highest BCUT2D eigenvalue weighted by molar-refractivity contribution is 6.31. The Bertz CT molecular complexity index is 963. The zero-order valence-electron chi connectivity index (χ0n) is 13.2. The first-order valence-electron chi connectivity index (χ1n) is 7.65. The molecule has 0 aliphatic heterocycles. The van der Waals surface area contributed by atoms with Crippen LogP contribution in [0, 0.1) is 0 Å². The molecule has 0 radical (unpaired) electrons. The second kappa shape index (κ2) is 6.89. The Morgan fingerprint density at radius 1 is 1.12 bits per heavy atom. The molecule has 0 bridgehead atoms. The molecule has 0 saturated carbocycles. The van der Waals surface area contributed by atoms with Gasteiger partial charge in [0.25, 0.3) is 5.56 Å². The first-order chi connectivity index (χ1) is 11.5. The lowest BCUT2D eigenvalue weighted by Gasteiger charge is -2.08. The number of benzene rings is 2. The molecule has 2 N–H and O–H groups in total. The lowest BCUT2D eigenvalue weighted by molar-refractivity contribution is -0.119. The topological polar surface area (TPSA) is 62.0 Å². The van der Waals surface area contributed by atoms with Crippen LogP contribution in [0.4, 0.5) is 0 Å². The van der Waals surface area contributed by atoms with E-state index in [2.05, 4.69) is 10.3 Å². The number of para-hydroxylation sites is 1. The molecule has 0 saturated heterocycles. The summed E-state index contributed by atoms with van der Waals surface area (Å²) in [6.07, 6.45) is 0.500. The van der Waals surface area contributed by atoms with Gasteiger partial charge in [0.1, 0.15) is 0 Å². The van der Waals surface area contributed by atoms with E-state index in [4.69, 9.17) is 11.6 Å². The van der Waals surface area contributed by atoms with Crippen LogP contribution >= 0.6 is 11.6 Å². The summed E-state index contributed by atoms with van der Waals surface area (Å²) in [4.78, 5) is 26.1. The zero-order chi connectivity index (χ0) is 17.1. The highest BCUT2D eigenvalue weighted by Crippen LogP contribution is 2.20. The number of carbonyl (C=O) groups excluding carboxylic acids is 1. The third-order valence-electron chi connectivity index (χ3n) is 3.87. The number of hydrogen-bond acceptors (Lipinski definition) is 2. The van der Waals surface area contributed by atoms with Crippen LogP contribution in [0.25, 0.3) is 10.9 Å². The molecule has 1 heterocycles. The molecule has 0 aliphatic carbocycles. The van der Waals surface area contributed by atoms with Crippen LogP contribution in [0.15, 0.2) is 53.3 Å². The van der Waals surface area contributed by atoms with Gasteiger partial charge in [-0.25, -0.2) is 0 Å². The summed E-state index contributed by atoms with van der Waals surface area (Å²) in [7, 11) is 0. The largest absolute Gasteiger partial charge is 0.352 e. The van der Waals surface area contributed by atoms with E-state index in [0.717, 1.165) is 22.0 Å². The zero-order valence-corrected chi connectivity index (χ0v) is 14.0. The molecule has 4 nitrogen and oxygen atoms in total. The van der Waals surface area contributed by atoms with Gasteiger partial charge >= 0.3 is 0 Å². The number of halogens is 1. The third-order valence-corrected chi connectivity index (χ3v) is 4.22. The fourth-order valence-electron chi connectivity index (χ4n) is 2.61. The molecule has 3 rings (SSSR count). The standard InChI is InChI=1S/C19H17ClN2O2/c1-12(23)21-11-15-7-6-13(9-17(15)20)8-16-10-14-4-2-3-5-18(14)22-19(16)24/h2-7,9-10H,8,11H2,1H3,(H,21,23)(H,22,24). The van der Waals surface area contributed by atoms with Gasteiger partial charge in [-0.05, 0) is 34.7 Å². The molecule has 2 aromatic carbocycles. The van der Waals surface area contributed by atoms with Gasteiger partial charge in [-0.1, -0.05) is 41.9 Å². The molecule has 5 heteroatoms. The Balaban J connectivity index is 1.86. The van der Waals surface area contributed by atoms with E-state index in [9.17, 15) is 9.59 Å². The van der Waals surface area contributed by atoms with Gasteiger partial charge in [0.15, 0.2) is 0 Å². The average molecular weight is 341 g/mol. The van der Waals surface area contributed by atoms with E-state index in [1.807, 2.05) is 48.5 Å². The monoisotopic (exact) mass is 340 g/mol. The number of amides is 1. The molecule has 3 aromatic rings. The summed E-state index contributed by atoms with van der Waals surface area (Å²) in [6.45, 7) is 1.86. The summed E-state index contributed by atoms with van der Waals surface area (Å²) in [6, 6.07) is 15.2. The van der Waals surface area contributed by atoms with Crippen molar-refractivity contribution in [2.45, 2.75) is 19.9 Å². The van der Waals surface area contributed by atoms with Crippen molar-refractivity contribution in [3.63, 3.8) is 0 Å². The first-order valence-corrected chi connectivity index (χ1v) is 8.03. The van der Waals surface area contributed by atoms with Gasteiger partial charge < -0.3 is 10.3 Å². The SMILES string of the molecule is CC(=O)NCc1ccc(Cc2cc3ccccc3[nH]c2=O)cc1Cl. The van der Waals surface area contributed by atoms with Crippen LogP contribution in [0.5, 0.6) is 0 Å². The molecule has 0 unspecified atom stereocenters. The third kappa shape index (κ3) is 3.66. The average Bonchev–Trinajstić information content (AvgIpc) is 2.54. The fraction of sp³-hybridized carbons (Fsp3) is 0.158. The minimum Gasteiger partial charge on any atom is -0.352 e. The number of fused-ring (bicyclic) bond motifs is 1. The summed E-state index contributed by atoms with van der Waals surface area (Å²) >= 11 is 6.28. The van der Waals surface area contributed by atoms with Gasteiger partial charge in [0.2, 0.25) is 5.91 Å². The molecule has 0 aliphatic rings. The van der Waals surface area contributed by atoms with E-state index >= 15 is 0 Å². The number of rotatable bonds is 4. The van der Waals surface area contributed by atoms with Crippen molar-refractivity contribution < 1.29 is 4.79 Å². The van der Waals surface area contributed by atoms with Gasteiger partial charge in [0.05, 0.1) is 0 Å². The maximum atomic E-state index is 12.2. The molecular formula is C19H17ClN2O2. The van der Waals surface area contributed by atoms with Gasteiger partial charge in [-0.2, -0.15) is 0 Å². The highest BCUT2D eigenvalue weighted by Gasteiger charge is 2.07. The van der Waals surface area contributed by atoms with Crippen LogP contribution in [-0.2, 0) is 17.8 Å². The van der Waals surface area contributed by atoms with Crippen molar-refractivity contribution in [1.29, 1.82) is 0 Å². The van der Waals surface area contributed by atoms with Crippen molar-refractivity contribution in [1.82, 2.24) is 10.3 Å². The highest BCUT2D eigenvalue weighted by atomic mass is 35.5. The van der Waals surface area contributed by atoms with E-state index < -0.39 is 0 Å². The summed E-state index contributed by atoms with van der Waals surface area (Å²) in [5.74, 6) is -0.0992. The quantitative estimate of drug-likeness (QED) is 0.764. The summed E-state index contributed by atoms with van der Waals surface area (Å²) in [5.41, 5.74) is 3.23. The Kier molecular flexibility index (Phi) is 4.67. The van der Waals surface area contributed by atoms with Crippen molar-refractivity contribution in [2.75, 3.05) is 0 Å². The Morgan fingerprint density at radius 2 is 1.92 bits per heavy atom. The molecule has 0 atom stereocenters. The predicted molar refractivity (Wildman–Crippen MR) is 96.3 cm³/mol. The van der Waals surface area contributed by atoms with Crippen molar-refractivity contribution in [2.24, 2.45) is 0 Å². The Labute approximate surface area is 144 Å². The van der Waals surface area contributed by atoms with Crippen molar-refractivity contribution in [3.8, 4) is 0 Å². The number of carbonyl (C=O) groups is 1. The van der Waals surface area contributed by atoms with E-state index in [1.165, 1.54) is 6.92 Å². The van der Waals surface area contributed by atoms with Crippen LogP contribution in [0.1, 0.15) is 23.6 Å². The molecule has 0 spiro atoms. The van der Waals surface area contributed by atoms with Gasteiger partial charge in [0, 0.05) is 36.0 Å². The number of nitrogens with one attached hydrogen (secondary N) is 2. The van der Waals surface area contributed by atoms with E-state index in [-0.39, 0.29) is 11.5 Å². The molecule has 1 aromatic heterocycles. The predicted octanol–water partition coefficient (Wildman–Crippen LogP) is 3.41. The molecule has 24 heavy (non-hydrogen) atoms. The minimum absolute atomic E-state index is 0.0906. The number of aromatic amines is 1. The second-order valence-electron chi connectivity index (χ2n) is 5.72. The Hall–Kier alpha value is -2.59. The maximum Gasteiger partial charge on any atom is 0.251 e. The van der Waals surface area contributed by atoms with Crippen LogP contribution in [0.3, 0.4) is 0 Å². The summed E-state index contributed by atoms with van der Waals surface area (Å²) < 4.78 is 0. The number of aromatic nitrogens is 1. The molecule has 122 valence electrons. The van der Waals surface area contributed by atoms with Gasteiger partial charge in [-0.3, -0.25) is 9.59 Å². The van der Waals surface area contributed by atoms with Crippen LogP contribution < -0.4 is 10.9 Å². The Morgan fingerprint density at radius 3 is 2.67 bits per heavy atom. The van der Waals surface area contributed by atoms with Gasteiger partial charge in [-0.15, -0.1) is 0 Å². The number of H-pyrrole nitrogens is 1. The minimum atomic E-state index is -0.0992. The summed E-state index contributed by atoms with van der Waals surface area (Å²) in [5, 5.41) is 4.31. The number of pyridine rings is 1. The fourth-order valence-corrected chi connectivity index (χ4v) is 2.88. The normalized spacial score (nSPS) is 10.8. The lowest BCUT2D eigenvalue weighted by atomic mass is 10.0. The van der Waals surface area contributed by atoms with Crippen LogP contribution in [-0.4, -0.2) is 10.9 Å². The number of hydrogen-bond donors (Lipinski definition) is 2. The molecule has 1 amide bonds. The van der Waals surface area contributed by atoms with Crippen LogP contribution in [0.2, 0.25) is 5.02 Å². The maximum absolute atomic E-state index is 12.2.